The van der Waals surface area contributed by atoms with E-state index in [0.29, 0.717) is 6.04 Å². The SMILES string of the molecule is CCNC(CCc1ccc(OC)cc1)CCN(C)C. The zero-order chi connectivity index (χ0) is 14.1. The largest absolute Gasteiger partial charge is 0.497 e. The Kier molecular flexibility index (Phi) is 7.53. The number of benzene rings is 1. The van der Waals surface area contributed by atoms with E-state index in [1.54, 1.807) is 7.11 Å². The van der Waals surface area contributed by atoms with E-state index in [2.05, 4.69) is 43.4 Å². The van der Waals surface area contributed by atoms with Crippen molar-refractivity contribution >= 4 is 0 Å². The van der Waals surface area contributed by atoms with Gasteiger partial charge in [-0.05, 0) is 64.1 Å². The van der Waals surface area contributed by atoms with Gasteiger partial charge >= 0.3 is 0 Å². The standard InChI is InChI=1S/C16H28N2O/c1-5-17-15(12-13-18(2)3)9-6-14-7-10-16(19-4)11-8-14/h7-8,10-11,15,17H,5-6,9,12-13H2,1-4H3. The molecule has 1 aromatic rings. The molecule has 0 amide bonds. The minimum absolute atomic E-state index is 0.606. The molecule has 0 aromatic heterocycles. The lowest BCUT2D eigenvalue weighted by molar-refractivity contribution is 0.351. The summed E-state index contributed by atoms with van der Waals surface area (Å²) in [6.07, 6.45) is 3.51. The third-order valence-corrected chi connectivity index (χ3v) is 3.36. The van der Waals surface area contributed by atoms with E-state index in [1.807, 2.05) is 12.1 Å². The van der Waals surface area contributed by atoms with Crippen molar-refractivity contribution in [3.05, 3.63) is 29.8 Å². The summed E-state index contributed by atoms with van der Waals surface area (Å²) in [5.74, 6) is 0.930. The number of aryl methyl sites for hydroxylation is 1. The van der Waals surface area contributed by atoms with Crippen LogP contribution in [0.5, 0.6) is 5.75 Å². The van der Waals surface area contributed by atoms with Crippen LogP contribution in [0.15, 0.2) is 24.3 Å². The fraction of sp³-hybridized carbons (Fsp3) is 0.625. The molecule has 0 spiro atoms. The molecule has 0 radical (unpaired) electrons. The Labute approximate surface area is 118 Å². The van der Waals surface area contributed by atoms with Crippen LogP contribution in [0.1, 0.15) is 25.3 Å². The minimum atomic E-state index is 0.606. The molecule has 0 aliphatic carbocycles. The second kappa shape index (κ2) is 8.94. The van der Waals surface area contributed by atoms with E-state index < -0.39 is 0 Å². The van der Waals surface area contributed by atoms with Gasteiger partial charge in [-0.25, -0.2) is 0 Å². The molecule has 0 bridgehead atoms. The number of hydrogen-bond acceptors (Lipinski definition) is 3. The van der Waals surface area contributed by atoms with E-state index in [9.17, 15) is 0 Å². The topological polar surface area (TPSA) is 24.5 Å². The Morgan fingerprint density at radius 2 is 1.84 bits per heavy atom. The lowest BCUT2D eigenvalue weighted by Crippen LogP contribution is -2.32. The zero-order valence-corrected chi connectivity index (χ0v) is 12.8. The number of methoxy groups -OCH3 is 1. The maximum atomic E-state index is 5.18. The molecule has 0 aliphatic heterocycles. The van der Waals surface area contributed by atoms with Crippen LogP contribution in [0.3, 0.4) is 0 Å². The van der Waals surface area contributed by atoms with Gasteiger partial charge < -0.3 is 15.0 Å². The molecular formula is C16H28N2O. The van der Waals surface area contributed by atoms with E-state index in [-0.39, 0.29) is 0 Å². The molecule has 0 saturated carbocycles. The number of ether oxygens (including phenoxy) is 1. The Hall–Kier alpha value is -1.06. The Bertz CT molecular complexity index is 335. The molecule has 108 valence electrons. The van der Waals surface area contributed by atoms with E-state index in [1.165, 1.54) is 18.4 Å². The highest BCUT2D eigenvalue weighted by atomic mass is 16.5. The lowest BCUT2D eigenvalue weighted by Gasteiger charge is -2.20. The Morgan fingerprint density at radius 1 is 1.16 bits per heavy atom. The molecular weight excluding hydrogens is 236 g/mol. The first-order chi connectivity index (χ1) is 9.15. The predicted molar refractivity (Wildman–Crippen MR) is 82.0 cm³/mol. The number of nitrogens with zero attached hydrogens (tertiary/aromatic N) is 1. The van der Waals surface area contributed by atoms with Crippen molar-refractivity contribution in [2.75, 3.05) is 34.3 Å². The highest BCUT2D eigenvalue weighted by Gasteiger charge is 2.08. The summed E-state index contributed by atoms with van der Waals surface area (Å²) in [6.45, 7) is 4.36. The van der Waals surface area contributed by atoms with Crippen molar-refractivity contribution in [3.63, 3.8) is 0 Å². The van der Waals surface area contributed by atoms with Gasteiger partial charge in [-0.15, -0.1) is 0 Å². The summed E-state index contributed by atoms with van der Waals surface area (Å²) in [7, 11) is 5.97. The number of rotatable bonds is 9. The average molecular weight is 264 g/mol. The molecule has 0 saturated heterocycles. The summed E-state index contributed by atoms with van der Waals surface area (Å²) < 4.78 is 5.18. The van der Waals surface area contributed by atoms with Gasteiger partial charge in [-0.1, -0.05) is 19.1 Å². The fourth-order valence-corrected chi connectivity index (χ4v) is 2.18. The van der Waals surface area contributed by atoms with Crippen LogP contribution < -0.4 is 10.1 Å². The number of hydrogen-bond donors (Lipinski definition) is 1. The third-order valence-electron chi connectivity index (χ3n) is 3.36. The van der Waals surface area contributed by atoms with Gasteiger partial charge in [0.1, 0.15) is 5.75 Å². The maximum absolute atomic E-state index is 5.18. The summed E-state index contributed by atoms with van der Waals surface area (Å²) in [6, 6.07) is 9.01. The highest BCUT2D eigenvalue weighted by molar-refractivity contribution is 5.27. The first-order valence-electron chi connectivity index (χ1n) is 7.16. The molecule has 3 heteroatoms. The van der Waals surface area contributed by atoms with Crippen LogP contribution >= 0.6 is 0 Å². The summed E-state index contributed by atoms with van der Waals surface area (Å²) in [5, 5.41) is 3.58. The Morgan fingerprint density at radius 3 is 2.37 bits per heavy atom. The normalized spacial score (nSPS) is 12.7. The second-order valence-corrected chi connectivity index (χ2v) is 5.23. The molecule has 1 unspecified atom stereocenters. The van der Waals surface area contributed by atoms with Gasteiger partial charge in [0.05, 0.1) is 7.11 Å². The minimum Gasteiger partial charge on any atom is -0.497 e. The lowest BCUT2D eigenvalue weighted by atomic mass is 10.0. The van der Waals surface area contributed by atoms with Gasteiger partial charge in [0.25, 0.3) is 0 Å². The first-order valence-corrected chi connectivity index (χ1v) is 7.16. The van der Waals surface area contributed by atoms with Crippen LogP contribution in [-0.4, -0.2) is 45.2 Å². The van der Waals surface area contributed by atoms with Crippen LogP contribution in [-0.2, 0) is 6.42 Å². The molecule has 0 aliphatic rings. The first kappa shape index (κ1) is 16.0. The van der Waals surface area contributed by atoms with Gasteiger partial charge in [0.2, 0.25) is 0 Å². The Balaban J connectivity index is 2.40. The van der Waals surface area contributed by atoms with Crippen molar-refractivity contribution in [2.45, 2.75) is 32.2 Å². The molecule has 1 N–H and O–H groups in total. The van der Waals surface area contributed by atoms with Gasteiger partial charge in [0, 0.05) is 6.04 Å². The maximum Gasteiger partial charge on any atom is 0.118 e. The van der Waals surface area contributed by atoms with Crippen LogP contribution in [0.4, 0.5) is 0 Å². The van der Waals surface area contributed by atoms with Crippen molar-refractivity contribution < 1.29 is 4.74 Å². The summed E-state index contributed by atoms with van der Waals surface area (Å²) >= 11 is 0. The molecule has 0 fully saturated rings. The van der Waals surface area contributed by atoms with E-state index >= 15 is 0 Å². The second-order valence-electron chi connectivity index (χ2n) is 5.23. The van der Waals surface area contributed by atoms with Crippen LogP contribution in [0.25, 0.3) is 0 Å². The van der Waals surface area contributed by atoms with E-state index in [4.69, 9.17) is 4.74 Å². The fourth-order valence-electron chi connectivity index (χ4n) is 2.18. The third kappa shape index (κ3) is 6.60. The molecule has 1 atom stereocenters. The molecule has 0 heterocycles. The molecule has 3 nitrogen and oxygen atoms in total. The monoisotopic (exact) mass is 264 g/mol. The van der Waals surface area contributed by atoms with Crippen molar-refractivity contribution in [1.82, 2.24) is 10.2 Å². The smallest absolute Gasteiger partial charge is 0.118 e. The molecule has 1 rings (SSSR count). The summed E-state index contributed by atoms with van der Waals surface area (Å²) in [4.78, 5) is 2.25. The number of nitrogens with one attached hydrogen (secondary N) is 1. The van der Waals surface area contributed by atoms with Gasteiger partial charge in [-0.3, -0.25) is 0 Å². The van der Waals surface area contributed by atoms with Crippen molar-refractivity contribution in [2.24, 2.45) is 0 Å². The van der Waals surface area contributed by atoms with Gasteiger partial charge in [-0.2, -0.15) is 0 Å². The average Bonchev–Trinajstić information content (AvgIpc) is 2.42. The highest BCUT2D eigenvalue weighted by Crippen LogP contribution is 2.14. The predicted octanol–water partition coefficient (Wildman–Crippen LogP) is 2.56. The van der Waals surface area contributed by atoms with Gasteiger partial charge in [0.15, 0.2) is 0 Å². The van der Waals surface area contributed by atoms with Crippen LogP contribution in [0, 0.1) is 0 Å². The van der Waals surface area contributed by atoms with Crippen molar-refractivity contribution in [1.29, 1.82) is 0 Å². The molecule has 1 aromatic carbocycles. The van der Waals surface area contributed by atoms with Crippen LogP contribution in [0.2, 0.25) is 0 Å². The molecule has 19 heavy (non-hydrogen) atoms. The summed E-state index contributed by atoms with van der Waals surface area (Å²) in [5.41, 5.74) is 1.38. The quantitative estimate of drug-likeness (QED) is 0.742. The van der Waals surface area contributed by atoms with E-state index in [0.717, 1.165) is 25.3 Å². The zero-order valence-electron chi connectivity index (χ0n) is 12.8. The van der Waals surface area contributed by atoms with Crippen molar-refractivity contribution in [3.8, 4) is 5.75 Å².